The maximum absolute atomic E-state index is 12.2. The number of carbonyl (C=O) groups is 2. The van der Waals surface area contributed by atoms with Gasteiger partial charge in [0.1, 0.15) is 12.6 Å². The molecule has 0 unspecified atom stereocenters. The number of carbonyl (C=O) groups excluding carboxylic acids is 2. The van der Waals surface area contributed by atoms with Crippen LogP contribution in [0.15, 0.2) is 18.2 Å². The summed E-state index contributed by atoms with van der Waals surface area (Å²) in [5.74, 6) is -0.278. The summed E-state index contributed by atoms with van der Waals surface area (Å²) in [5.41, 5.74) is 8.26. The molecular weight excluding hydrogens is 298 g/mol. The van der Waals surface area contributed by atoms with E-state index in [4.69, 9.17) is 15.2 Å². The first-order chi connectivity index (χ1) is 11.0. The number of hydrogen-bond donors (Lipinski definition) is 1. The van der Waals surface area contributed by atoms with E-state index in [1.165, 1.54) is 12.0 Å². The first kappa shape index (κ1) is 17.4. The molecule has 0 saturated carbocycles. The molecule has 0 bridgehead atoms. The highest BCUT2D eigenvalue weighted by Gasteiger charge is 2.23. The molecule has 2 amide bonds. The van der Waals surface area contributed by atoms with Gasteiger partial charge in [0.05, 0.1) is 13.2 Å². The predicted molar refractivity (Wildman–Crippen MR) is 87.6 cm³/mol. The standard InChI is InChI=1S/C16H23N3O4/c1-11-8-12(18(2)16(21)13(17)9-22-3)4-5-14(11)19-6-7-23-10-15(19)20/h4-5,8,13H,6-7,9-10,17H2,1-3H3/t13-/m1/s1. The summed E-state index contributed by atoms with van der Waals surface area (Å²) >= 11 is 0. The maximum Gasteiger partial charge on any atom is 0.253 e. The first-order valence-corrected chi connectivity index (χ1v) is 7.46. The Hall–Kier alpha value is -1.96. The largest absolute Gasteiger partial charge is 0.383 e. The fraction of sp³-hybridized carbons (Fsp3) is 0.500. The molecule has 2 N–H and O–H groups in total. The number of methoxy groups -OCH3 is 1. The fourth-order valence-electron chi connectivity index (χ4n) is 2.55. The minimum atomic E-state index is -0.703. The topological polar surface area (TPSA) is 85.1 Å². The van der Waals surface area contributed by atoms with Crippen LogP contribution < -0.4 is 15.5 Å². The van der Waals surface area contributed by atoms with Crippen LogP contribution in [-0.4, -0.2) is 58.4 Å². The van der Waals surface area contributed by atoms with E-state index >= 15 is 0 Å². The van der Waals surface area contributed by atoms with Crippen molar-refractivity contribution in [1.82, 2.24) is 0 Å². The molecule has 1 aliphatic heterocycles. The van der Waals surface area contributed by atoms with Gasteiger partial charge >= 0.3 is 0 Å². The van der Waals surface area contributed by atoms with Crippen molar-refractivity contribution in [3.05, 3.63) is 23.8 Å². The van der Waals surface area contributed by atoms with Crippen molar-refractivity contribution >= 4 is 23.2 Å². The Morgan fingerprint density at radius 1 is 1.52 bits per heavy atom. The third kappa shape index (κ3) is 3.87. The van der Waals surface area contributed by atoms with Crippen LogP contribution in [-0.2, 0) is 19.1 Å². The molecule has 2 rings (SSSR count). The lowest BCUT2D eigenvalue weighted by Crippen LogP contribution is -2.44. The van der Waals surface area contributed by atoms with Gasteiger partial charge in [0.15, 0.2) is 0 Å². The number of nitrogens with two attached hydrogens (primary N) is 1. The highest BCUT2D eigenvalue weighted by atomic mass is 16.5. The van der Waals surface area contributed by atoms with Crippen LogP contribution in [0.25, 0.3) is 0 Å². The number of rotatable bonds is 5. The van der Waals surface area contributed by atoms with E-state index < -0.39 is 6.04 Å². The molecule has 7 nitrogen and oxygen atoms in total. The van der Waals surface area contributed by atoms with Gasteiger partial charge in [-0.3, -0.25) is 9.59 Å². The number of aryl methyl sites for hydroxylation is 1. The molecule has 1 heterocycles. The van der Waals surface area contributed by atoms with E-state index in [0.717, 1.165) is 16.9 Å². The number of morpholine rings is 1. The van der Waals surface area contributed by atoms with Crippen molar-refractivity contribution in [3.63, 3.8) is 0 Å². The number of anilines is 2. The Morgan fingerprint density at radius 2 is 2.26 bits per heavy atom. The minimum Gasteiger partial charge on any atom is -0.383 e. The molecule has 1 saturated heterocycles. The summed E-state index contributed by atoms with van der Waals surface area (Å²) in [6.07, 6.45) is 0. The van der Waals surface area contributed by atoms with Crippen molar-refractivity contribution in [2.45, 2.75) is 13.0 Å². The minimum absolute atomic E-state index is 0.0568. The Kier molecular flexibility index (Phi) is 5.70. The summed E-state index contributed by atoms with van der Waals surface area (Å²) < 4.78 is 10.1. The van der Waals surface area contributed by atoms with E-state index in [0.29, 0.717) is 13.2 Å². The molecule has 1 aromatic carbocycles. The molecule has 0 spiro atoms. The van der Waals surface area contributed by atoms with Crippen molar-refractivity contribution in [3.8, 4) is 0 Å². The van der Waals surface area contributed by atoms with Crippen LogP contribution in [0.4, 0.5) is 11.4 Å². The zero-order valence-corrected chi connectivity index (χ0v) is 13.7. The van der Waals surface area contributed by atoms with Gasteiger partial charge in [-0.25, -0.2) is 0 Å². The molecule has 0 aromatic heterocycles. The van der Waals surface area contributed by atoms with Gasteiger partial charge in [0, 0.05) is 32.1 Å². The predicted octanol–water partition coefficient (Wildman–Crippen LogP) is 0.295. The van der Waals surface area contributed by atoms with Crippen LogP contribution in [0.5, 0.6) is 0 Å². The van der Waals surface area contributed by atoms with E-state index in [2.05, 4.69) is 0 Å². The Balaban J connectivity index is 2.18. The summed E-state index contributed by atoms with van der Waals surface area (Å²) in [4.78, 5) is 27.4. The second kappa shape index (κ2) is 7.54. The Labute approximate surface area is 135 Å². The number of benzene rings is 1. The van der Waals surface area contributed by atoms with Gasteiger partial charge in [-0.05, 0) is 30.7 Å². The van der Waals surface area contributed by atoms with Gasteiger partial charge in [0.25, 0.3) is 5.91 Å². The second-order valence-corrected chi connectivity index (χ2v) is 5.53. The monoisotopic (exact) mass is 321 g/mol. The van der Waals surface area contributed by atoms with E-state index in [9.17, 15) is 9.59 Å². The molecule has 1 aliphatic rings. The van der Waals surface area contributed by atoms with Crippen molar-refractivity contribution in [2.24, 2.45) is 5.73 Å². The smallest absolute Gasteiger partial charge is 0.253 e. The van der Waals surface area contributed by atoms with Gasteiger partial charge in [-0.2, -0.15) is 0 Å². The van der Waals surface area contributed by atoms with Crippen LogP contribution in [0, 0.1) is 6.92 Å². The van der Waals surface area contributed by atoms with Gasteiger partial charge in [0.2, 0.25) is 5.91 Å². The number of likely N-dealkylation sites (N-methyl/N-ethyl adjacent to an activating group) is 1. The number of hydrogen-bond acceptors (Lipinski definition) is 5. The molecule has 126 valence electrons. The average Bonchev–Trinajstić information content (AvgIpc) is 2.54. The van der Waals surface area contributed by atoms with Crippen LogP contribution in [0.3, 0.4) is 0 Å². The molecule has 1 aromatic rings. The summed E-state index contributed by atoms with van der Waals surface area (Å²) in [6, 6.07) is 4.82. The highest BCUT2D eigenvalue weighted by Crippen LogP contribution is 2.26. The number of ether oxygens (including phenoxy) is 2. The van der Waals surface area contributed by atoms with Crippen LogP contribution >= 0.6 is 0 Å². The molecule has 0 radical (unpaired) electrons. The number of amides is 2. The van der Waals surface area contributed by atoms with E-state index in [1.807, 2.05) is 25.1 Å². The fourth-order valence-corrected chi connectivity index (χ4v) is 2.55. The van der Waals surface area contributed by atoms with Gasteiger partial charge in [-0.1, -0.05) is 0 Å². The lowest BCUT2D eigenvalue weighted by Gasteiger charge is -2.29. The Morgan fingerprint density at radius 3 is 2.87 bits per heavy atom. The first-order valence-electron chi connectivity index (χ1n) is 7.46. The van der Waals surface area contributed by atoms with Crippen LogP contribution in [0.2, 0.25) is 0 Å². The molecular formula is C16H23N3O4. The van der Waals surface area contributed by atoms with Crippen molar-refractivity contribution < 1.29 is 19.1 Å². The van der Waals surface area contributed by atoms with E-state index in [-0.39, 0.29) is 25.0 Å². The lowest BCUT2D eigenvalue weighted by atomic mass is 10.1. The van der Waals surface area contributed by atoms with Gasteiger partial charge in [-0.15, -0.1) is 0 Å². The van der Waals surface area contributed by atoms with Gasteiger partial charge < -0.3 is 25.0 Å². The summed E-state index contributed by atoms with van der Waals surface area (Å²) in [6.45, 7) is 3.24. The van der Waals surface area contributed by atoms with Crippen molar-refractivity contribution in [2.75, 3.05) is 50.3 Å². The number of nitrogens with zero attached hydrogens (tertiary/aromatic N) is 2. The second-order valence-electron chi connectivity index (χ2n) is 5.53. The quantitative estimate of drug-likeness (QED) is 0.843. The summed E-state index contributed by atoms with van der Waals surface area (Å²) in [7, 11) is 3.18. The third-order valence-electron chi connectivity index (χ3n) is 3.84. The molecule has 23 heavy (non-hydrogen) atoms. The highest BCUT2D eigenvalue weighted by molar-refractivity contribution is 5.98. The zero-order valence-electron chi connectivity index (χ0n) is 13.7. The lowest BCUT2D eigenvalue weighted by molar-refractivity contribution is -0.125. The zero-order chi connectivity index (χ0) is 17.0. The third-order valence-corrected chi connectivity index (χ3v) is 3.84. The molecule has 1 fully saturated rings. The maximum atomic E-state index is 12.2. The molecule has 7 heteroatoms. The summed E-state index contributed by atoms with van der Waals surface area (Å²) in [5, 5.41) is 0. The van der Waals surface area contributed by atoms with E-state index in [1.54, 1.807) is 11.9 Å². The Bertz CT molecular complexity index is 591. The van der Waals surface area contributed by atoms with Crippen LogP contribution in [0.1, 0.15) is 5.56 Å². The SMILES string of the molecule is COC[C@@H](N)C(=O)N(C)c1ccc(N2CCOCC2=O)c(C)c1. The normalized spacial score (nSPS) is 16.3. The molecule has 0 aliphatic carbocycles. The molecule has 1 atom stereocenters. The van der Waals surface area contributed by atoms with Crippen molar-refractivity contribution in [1.29, 1.82) is 0 Å². The average molecular weight is 321 g/mol.